The normalized spacial score (nSPS) is 28.7. The van der Waals surface area contributed by atoms with Crippen LogP contribution < -0.4 is 14.8 Å². The molecule has 4 bridgehead atoms. The molecule has 1 N–H and O–H groups in total. The highest BCUT2D eigenvalue weighted by Gasteiger charge is 2.50. The van der Waals surface area contributed by atoms with Crippen molar-refractivity contribution in [2.45, 2.75) is 57.2 Å². The fourth-order valence-corrected chi connectivity index (χ4v) is 7.14. The summed E-state index contributed by atoms with van der Waals surface area (Å²) < 4.78 is 11.6. The van der Waals surface area contributed by atoms with Crippen molar-refractivity contribution in [2.24, 2.45) is 17.8 Å². The summed E-state index contributed by atoms with van der Waals surface area (Å²) in [5.74, 6) is 3.99. The molecule has 4 aliphatic rings. The van der Waals surface area contributed by atoms with Crippen LogP contribution in [0.4, 0.5) is 0 Å². The minimum Gasteiger partial charge on any atom is -0.493 e. The summed E-state index contributed by atoms with van der Waals surface area (Å²) >= 11 is 19.2. The Kier molecular flexibility index (Phi) is 6.07. The third kappa shape index (κ3) is 4.39. The number of hydrogen-bond acceptors (Lipinski definition) is 3. The molecule has 0 unspecified atom stereocenters. The smallest absolute Gasteiger partial charge is 0.163 e. The summed E-state index contributed by atoms with van der Waals surface area (Å²) in [7, 11) is 1.65. The van der Waals surface area contributed by atoms with Crippen LogP contribution in [0.2, 0.25) is 15.1 Å². The van der Waals surface area contributed by atoms with Crippen molar-refractivity contribution in [3.05, 3.63) is 56.5 Å². The summed E-state index contributed by atoms with van der Waals surface area (Å²) in [6.45, 7) is 0.994. The molecule has 31 heavy (non-hydrogen) atoms. The molecule has 0 aliphatic heterocycles. The lowest BCUT2D eigenvalue weighted by Gasteiger charge is -2.57. The Hall–Kier alpha value is -1.13. The molecule has 4 saturated carbocycles. The first-order chi connectivity index (χ1) is 14.9. The van der Waals surface area contributed by atoms with Gasteiger partial charge < -0.3 is 14.8 Å². The number of benzene rings is 2. The van der Waals surface area contributed by atoms with Gasteiger partial charge in [0.1, 0.15) is 6.61 Å². The van der Waals surface area contributed by atoms with Crippen molar-refractivity contribution >= 4 is 34.8 Å². The molecule has 3 nitrogen and oxygen atoms in total. The Bertz CT molecular complexity index is 922. The molecule has 0 heterocycles. The third-order valence-corrected chi connectivity index (χ3v) is 8.52. The molecule has 0 atom stereocenters. The molecule has 0 radical (unpaired) electrons. The van der Waals surface area contributed by atoms with E-state index in [0.717, 1.165) is 35.4 Å². The molecule has 0 spiro atoms. The second-order valence-corrected chi connectivity index (χ2v) is 10.9. The Balaban J connectivity index is 1.30. The van der Waals surface area contributed by atoms with E-state index in [9.17, 15) is 0 Å². The molecule has 6 heteroatoms. The largest absolute Gasteiger partial charge is 0.493 e. The number of rotatable bonds is 7. The van der Waals surface area contributed by atoms with E-state index in [1.165, 1.54) is 38.5 Å². The predicted molar refractivity (Wildman–Crippen MR) is 127 cm³/mol. The maximum Gasteiger partial charge on any atom is 0.163 e. The van der Waals surface area contributed by atoms with Crippen molar-refractivity contribution in [1.29, 1.82) is 0 Å². The second-order valence-electron chi connectivity index (χ2n) is 9.63. The Morgan fingerprint density at radius 2 is 1.52 bits per heavy atom. The lowest BCUT2D eigenvalue weighted by Crippen LogP contribution is -2.58. The average Bonchev–Trinajstić information content (AvgIpc) is 2.72. The first-order valence-corrected chi connectivity index (χ1v) is 12.3. The van der Waals surface area contributed by atoms with Crippen LogP contribution in [0.1, 0.15) is 49.7 Å². The fraction of sp³-hybridized carbons (Fsp3) is 0.520. The SMILES string of the molecule is COc1cc(CNC23CC4CC(CC(C4)C2)C3)c(Cl)cc1OCc1c(Cl)cccc1Cl. The van der Waals surface area contributed by atoms with Gasteiger partial charge >= 0.3 is 0 Å². The molecule has 0 amide bonds. The highest BCUT2D eigenvalue weighted by Crippen LogP contribution is 2.55. The van der Waals surface area contributed by atoms with Gasteiger partial charge in [-0.05, 0) is 80.0 Å². The van der Waals surface area contributed by atoms with Gasteiger partial charge in [0.05, 0.1) is 7.11 Å². The van der Waals surface area contributed by atoms with Gasteiger partial charge in [-0.2, -0.15) is 0 Å². The van der Waals surface area contributed by atoms with Crippen LogP contribution in [0.15, 0.2) is 30.3 Å². The van der Waals surface area contributed by atoms with E-state index in [1.807, 2.05) is 18.2 Å². The van der Waals surface area contributed by atoms with Crippen molar-refractivity contribution in [3.63, 3.8) is 0 Å². The zero-order valence-corrected chi connectivity index (χ0v) is 20.0. The number of halogens is 3. The lowest BCUT2D eigenvalue weighted by atomic mass is 9.53. The Morgan fingerprint density at radius 1 is 0.903 bits per heavy atom. The number of hydrogen-bond donors (Lipinski definition) is 1. The van der Waals surface area contributed by atoms with Crippen LogP contribution in [0.5, 0.6) is 11.5 Å². The van der Waals surface area contributed by atoms with Gasteiger partial charge in [0.2, 0.25) is 0 Å². The number of nitrogens with one attached hydrogen (secondary N) is 1. The highest BCUT2D eigenvalue weighted by atomic mass is 35.5. The molecule has 2 aromatic carbocycles. The summed E-state index contributed by atoms with van der Waals surface area (Å²) in [4.78, 5) is 0. The maximum absolute atomic E-state index is 6.66. The van der Waals surface area contributed by atoms with Crippen molar-refractivity contribution < 1.29 is 9.47 Å². The van der Waals surface area contributed by atoms with Crippen molar-refractivity contribution in [2.75, 3.05) is 7.11 Å². The van der Waals surface area contributed by atoms with E-state index in [1.54, 1.807) is 19.2 Å². The van der Waals surface area contributed by atoms with Gasteiger partial charge in [0, 0.05) is 38.8 Å². The second kappa shape index (κ2) is 8.67. The van der Waals surface area contributed by atoms with Crippen molar-refractivity contribution in [1.82, 2.24) is 5.32 Å². The number of ether oxygens (including phenoxy) is 2. The fourth-order valence-electron chi connectivity index (χ4n) is 6.42. The van der Waals surface area contributed by atoms with E-state index in [-0.39, 0.29) is 6.61 Å². The van der Waals surface area contributed by atoms with Gasteiger partial charge in [-0.3, -0.25) is 0 Å². The van der Waals surface area contributed by atoms with Gasteiger partial charge in [0.15, 0.2) is 11.5 Å². The van der Waals surface area contributed by atoms with Crippen LogP contribution >= 0.6 is 34.8 Å². The molecular formula is C25H28Cl3NO2. The van der Waals surface area contributed by atoms with Crippen molar-refractivity contribution in [3.8, 4) is 11.5 Å². The molecule has 4 aliphatic carbocycles. The standard InChI is InChI=1S/C25H28Cl3NO2/c1-30-23-8-18(13-29-25-10-15-5-16(11-25)7-17(6-15)12-25)22(28)9-24(23)31-14-19-20(26)3-2-4-21(19)27/h2-4,8-9,15-17,29H,5-7,10-14H2,1H3. The lowest BCUT2D eigenvalue weighted by molar-refractivity contribution is -0.0206. The highest BCUT2D eigenvalue weighted by molar-refractivity contribution is 6.36. The first kappa shape index (κ1) is 21.7. The van der Waals surface area contributed by atoms with E-state index in [2.05, 4.69) is 5.32 Å². The van der Waals surface area contributed by atoms with Gasteiger partial charge in [0.25, 0.3) is 0 Å². The van der Waals surface area contributed by atoms with E-state index >= 15 is 0 Å². The van der Waals surface area contributed by atoms with Crippen LogP contribution in [-0.2, 0) is 13.2 Å². The van der Waals surface area contributed by atoms with E-state index in [0.29, 0.717) is 32.1 Å². The third-order valence-electron chi connectivity index (χ3n) is 7.46. The summed E-state index contributed by atoms with van der Waals surface area (Å²) in [6, 6.07) is 9.24. The Morgan fingerprint density at radius 3 is 2.10 bits per heavy atom. The quantitative estimate of drug-likeness (QED) is 0.451. The average molecular weight is 481 g/mol. The molecule has 0 aromatic heterocycles. The van der Waals surface area contributed by atoms with Gasteiger partial charge in [-0.15, -0.1) is 0 Å². The zero-order valence-electron chi connectivity index (χ0n) is 17.7. The summed E-state index contributed by atoms with van der Waals surface area (Å²) in [5, 5.41) is 5.75. The minimum absolute atomic E-state index is 0.246. The molecular weight excluding hydrogens is 453 g/mol. The maximum atomic E-state index is 6.66. The van der Waals surface area contributed by atoms with Crippen LogP contribution in [0.25, 0.3) is 0 Å². The van der Waals surface area contributed by atoms with Crippen LogP contribution in [0, 0.1) is 17.8 Å². The van der Waals surface area contributed by atoms with Crippen LogP contribution in [-0.4, -0.2) is 12.6 Å². The topological polar surface area (TPSA) is 30.5 Å². The van der Waals surface area contributed by atoms with Crippen LogP contribution in [0.3, 0.4) is 0 Å². The van der Waals surface area contributed by atoms with Gasteiger partial charge in [-0.25, -0.2) is 0 Å². The van der Waals surface area contributed by atoms with Gasteiger partial charge in [-0.1, -0.05) is 40.9 Å². The zero-order chi connectivity index (χ0) is 21.6. The van der Waals surface area contributed by atoms with E-state index in [4.69, 9.17) is 44.3 Å². The minimum atomic E-state index is 0.246. The molecule has 6 rings (SSSR count). The molecule has 2 aromatic rings. The predicted octanol–water partition coefficient (Wildman–Crippen LogP) is 7.29. The van der Waals surface area contributed by atoms with E-state index < -0.39 is 0 Å². The molecule has 0 saturated heterocycles. The number of methoxy groups -OCH3 is 1. The molecule has 166 valence electrons. The summed E-state index contributed by atoms with van der Waals surface area (Å²) in [5.41, 5.74) is 2.08. The monoisotopic (exact) mass is 479 g/mol. The molecule has 4 fully saturated rings. The Labute approximate surface area is 199 Å². The summed E-state index contributed by atoms with van der Waals surface area (Å²) in [6.07, 6.45) is 8.26. The first-order valence-electron chi connectivity index (χ1n) is 11.1.